The van der Waals surface area contributed by atoms with Gasteiger partial charge in [0.2, 0.25) is 0 Å². The van der Waals surface area contributed by atoms with Crippen molar-refractivity contribution in [2.24, 2.45) is 5.92 Å². The van der Waals surface area contributed by atoms with Crippen molar-refractivity contribution in [3.05, 3.63) is 69.6 Å². The summed E-state index contributed by atoms with van der Waals surface area (Å²) in [5.41, 5.74) is 2.57. The van der Waals surface area contributed by atoms with Crippen LogP contribution in [0.2, 0.25) is 10.0 Å². The maximum absolute atomic E-state index is 13.5. The summed E-state index contributed by atoms with van der Waals surface area (Å²) in [7, 11) is 1.65. The van der Waals surface area contributed by atoms with Crippen LogP contribution in [0.5, 0.6) is 5.75 Å². The molecule has 3 aromatic rings. The number of benzene rings is 2. The van der Waals surface area contributed by atoms with Gasteiger partial charge in [0.25, 0.3) is 0 Å². The molecule has 1 aliphatic heterocycles. The van der Waals surface area contributed by atoms with Gasteiger partial charge in [-0.3, -0.25) is 9.88 Å². The third-order valence-electron chi connectivity index (χ3n) is 6.69. The van der Waals surface area contributed by atoms with Crippen LogP contribution in [0.4, 0.5) is 4.39 Å². The lowest BCUT2D eigenvalue weighted by atomic mass is 9.88. The number of hydrogen-bond donors (Lipinski definition) is 1. The normalized spacial score (nSPS) is 15.6. The minimum absolute atomic E-state index is 0.105. The van der Waals surface area contributed by atoms with E-state index in [0.29, 0.717) is 17.1 Å². The fourth-order valence-electron chi connectivity index (χ4n) is 4.63. The molecule has 184 valence electrons. The summed E-state index contributed by atoms with van der Waals surface area (Å²) < 4.78 is 18.9. The van der Waals surface area contributed by atoms with E-state index in [4.69, 9.17) is 27.9 Å². The number of fused-ring (bicyclic) bond motifs is 1. The molecule has 1 atom stereocenters. The molecule has 0 saturated carbocycles. The summed E-state index contributed by atoms with van der Waals surface area (Å²) in [4.78, 5) is 6.69. The number of methoxy groups -OCH3 is 1. The second-order valence-electron chi connectivity index (χ2n) is 8.97. The predicted molar refractivity (Wildman–Crippen MR) is 140 cm³/mol. The largest absolute Gasteiger partial charge is 0.497 e. The highest BCUT2D eigenvalue weighted by Crippen LogP contribution is 2.30. The molecule has 2 aromatic carbocycles. The number of ether oxygens (including phenoxy) is 1. The van der Waals surface area contributed by atoms with Gasteiger partial charge in [-0.1, -0.05) is 35.0 Å². The highest BCUT2D eigenvalue weighted by molar-refractivity contribution is 6.32. The van der Waals surface area contributed by atoms with E-state index in [-0.39, 0.29) is 17.0 Å². The first-order valence-corrected chi connectivity index (χ1v) is 12.7. The first kappa shape index (κ1) is 25.7. The maximum Gasteiger partial charge on any atom is 0.143 e. The monoisotopic (exact) mass is 514 g/mol. The molecule has 1 aliphatic rings. The molecule has 1 N–H and O–H groups in total. The van der Waals surface area contributed by atoms with Crippen molar-refractivity contribution < 1.29 is 14.2 Å². The lowest BCUT2D eigenvalue weighted by molar-refractivity contribution is 0.0557. The van der Waals surface area contributed by atoms with Crippen molar-refractivity contribution >= 4 is 34.1 Å². The number of aryl methyl sites for hydroxylation is 1. The van der Waals surface area contributed by atoms with E-state index in [1.54, 1.807) is 19.4 Å². The number of aliphatic hydroxyl groups is 1. The molecular weight excluding hydrogens is 486 g/mol. The molecule has 0 spiro atoms. The third kappa shape index (κ3) is 6.65. The summed E-state index contributed by atoms with van der Waals surface area (Å²) in [6.07, 6.45) is 5.61. The van der Waals surface area contributed by atoms with E-state index in [1.807, 2.05) is 18.2 Å². The number of nitrogens with zero attached hydrogens (tertiary/aromatic N) is 2. The molecule has 35 heavy (non-hydrogen) atoms. The number of rotatable bonds is 7. The van der Waals surface area contributed by atoms with Crippen LogP contribution in [-0.2, 0) is 6.42 Å². The number of pyridine rings is 1. The highest BCUT2D eigenvalue weighted by atomic mass is 35.5. The average Bonchev–Trinajstić information content (AvgIpc) is 2.87. The van der Waals surface area contributed by atoms with Crippen molar-refractivity contribution in [3.63, 3.8) is 0 Å². The smallest absolute Gasteiger partial charge is 0.143 e. The van der Waals surface area contributed by atoms with Gasteiger partial charge in [0, 0.05) is 17.1 Å². The minimum Gasteiger partial charge on any atom is -0.497 e. The Morgan fingerprint density at radius 1 is 1.17 bits per heavy atom. The number of hydrogen-bond acceptors (Lipinski definition) is 4. The number of aromatic nitrogens is 1. The van der Waals surface area contributed by atoms with Crippen LogP contribution in [0.1, 0.15) is 36.8 Å². The summed E-state index contributed by atoms with van der Waals surface area (Å²) >= 11 is 12.2. The third-order valence-corrected chi connectivity index (χ3v) is 7.32. The van der Waals surface area contributed by atoms with Crippen molar-refractivity contribution in [2.75, 3.05) is 26.7 Å². The summed E-state index contributed by atoms with van der Waals surface area (Å²) in [5, 5.41) is 12.6. The van der Waals surface area contributed by atoms with E-state index >= 15 is 0 Å². The second-order valence-corrected chi connectivity index (χ2v) is 9.79. The zero-order valence-electron chi connectivity index (χ0n) is 19.7. The summed E-state index contributed by atoms with van der Waals surface area (Å²) in [6, 6.07) is 10.4. The maximum atomic E-state index is 13.5. The van der Waals surface area contributed by atoms with Crippen LogP contribution in [0.3, 0.4) is 0 Å². The Hall–Kier alpha value is -2.36. The van der Waals surface area contributed by atoms with Crippen LogP contribution >= 0.6 is 23.2 Å². The number of piperidine rings is 1. The van der Waals surface area contributed by atoms with Gasteiger partial charge in [-0.2, -0.15) is 0 Å². The SMILES string of the molecule is COc1ccc2ncc(Cl)c(CCCC(O)C3CCN(CC#Cc4ccc(Cl)c(F)c4)CC3)c2c1. The van der Waals surface area contributed by atoms with Crippen molar-refractivity contribution in [2.45, 2.75) is 38.2 Å². The van der Waals surface area contributed by atoms with Crippen LogP contribution < -0.4 is 4.74 Å². The van der Waals surface area contributed by atoms with Gasteiger partial charge in [-0.15, -0.1) is 0 Å². The lowest BCUT2D eigenvalue weighted by Crippen LogP contribution is -2.38. The van der Waals surface area contributed by atoms with Gasteiger partial charge < -0.3 is 9.84 Å². The second kappa shape index (κ2) is 12.1. The van der Waals surface area contributed by atoms with E-state index in [2.05, 4.69) is 21.7 Å². The first-order valence-electron chi connectivity index (χ1n) is 11.9. The Bertz CT molecular complexity index is 1230. The standard InChI is InChI=1S/C28H29Cl2FN2O2/c1-35-21-8-10-27-23(17-21)22(25(30)18-32-27)5-2-6-28(34)20-11-14-33(15-12-20)13-3-4-19-7-9-24(29)26(31)16-19/h7-10,16-18,20,28,34H,2,5-6,11-15H2,1H3. The molecule has 1 saturated heterocycles. The zero-order valence-corrected chi connectivity index (χ0v) is 21.2. The molecule has 0 amide bonds. The van der Waals surface area contributed by atoms with Gasteiger partial charge in [-0.25, -0.2) is 4.39 Å². The fourth-order valence-corrected chi connectivity index (χ4v) is 4.99. The Balaban J connectivity index is 1.25. The van der Waals surface area contributed by atoms with Gasteiger partial charge in [0.1, 0.15) is 11.6 Å². The summed E-state index contributed by atoms with van der Waals surface area (Å²) in [6.45, 7) is 2.42. The number of halogens is 3. The predicted octanol–water partition coefficient (Wildman–Crippen LogP) is 6.14. The molecular formula is C28H29Cl2FN2O2. The molecule has 0 radical (unpaired) electrons. The topological polar surface area (TPSA) is 45.6 Å². The van der Waals surface area contributed by atoms with Gasteiger partial charge in [0.05, 0.1) is 35.3 Å². The quantitative estimate of drug-likeness (QED) is 0.384. The fraction of sp³-hybridized carbons (Fsp3) is 0.393. The zero-order chi connectivity index (χ0) is 24.8. The van der Waals surface area contributed by atoms with Gasteiger partial charge in [0.15, 0.2) is 0 Å². The molecule has 0 aliphatic carbocycles. The van der Waals surface area contributed by atoms with Crippen LogP contribution in [-0.4, -0.2) is 47.8 Å². The van der Waals surface area contributed by atoms with Crippen molar-refractivity contribution in [1.29, 1.82) is 0 Å². The molecule has 2 heterocycles. The molecule has 4 rings (SSSR count). The Morgan fingerprint density at radius 3 is 2.71 bits per heavy atom. The lowest BCUT2D eigenvalue weighted by Gasteiger charge is -2.33. The Morgan fingerprint density at radius 2 is 1.97 bits per heavy atom. The van der Waals surface area contributed by atoms with Crippen molar-refractivity contribution in [3.8, 4) is 17.6 Å². The Labute approximate surface area is 216 Å². The molecule has 7 heteroatoms. The highest BCUT2D eigenvalue weighted by Gasteiger charge is 2.24. The average molecular weight is 515 g/mol. The van der Waals surface area contributed by atoms with E-state index in [9.17, 15) is 9.50 Å². The van der Waals surface area contributed by atoms with Gasteiger partial charge in [-0.05, 0) is 93.1 Å². The van der Waals surface area contributed by atoms with E-state index < -0.39 is 5.82 Å². The molecule has 1 unspecified atom stereocenters. The summed E-state index contributed by atoms with van der Waals surface area (Å²) in [5.74, 6) is 6.73. The van der Waals surface area contributed by atoms with Crippen LogP contribution in [0.25, 0.3) is 10.9 Å². The van der Waals surface area contributed by atoms with Crippen LogP contribution in [0, 0.1) is 23.6 Å². The molecule has 1 aromatic heterocycles. The van der Waals surface area contributed by atoms with E-state index in [0.717, 1.165) is 67.4 Å². The molecule has 1 fully saturated rings. The molecule has 4 nitrogen and oxygen atoms in total. The molecule has 0 bridgehead atoms. The first-order chi connectivity index (χ1) is 16.9. The van der Waals surface area contributed by atoms with E-state index in [1.165, 1.54) is 12.1 Å². The van der Waals surface area contributed by atoms with Crippen LogP contribution in [0.15, 0.2) is 42.6 Å². The number of likely N-dealkylation sites (tertiary alicyclic amines) is 1. The van der Waals surface area contributed by atoms with Gasteiger partial charge >= 0.3 is 0 Å². The minimum atomic E-state index is -0.451. The number of aliphatic hydroxyl groups excluding tert-OH is 1. The Kier molecular flexibility index (Phi) is 8.86. The van der Waals surface area contributed by atoms with Crippen molar-refractivity contribution in [1.82, 2.24) is 9.88 Å².